The largest absolute Gasteiger partial charge is 0.352 e. The van der Waals surface area contributed by atoms with Gasteiger partial charge >= 0.3 is 0 Å². The number of nitrogens with one attached hydrogen (secondary N) is 3. The summed E-state index contributed by atoms with van der Waals surface area (Å²) in [6.07, 6.45) is 0.440. The van der Waals surface area contributed by atoms with E-state index in [4.69, 9.17) is 0 Å². The number of anilines is 1. The first-order chi connectivity index (χ1) is 12.5. The lowest BCUT2D eigenvalue weighted by molar-refractivity contribution is -0.114. The maximum absolute atomic E-state index is 12.2. The number of benzene rings is 2. The zero-order chi connectivity index (χ0) is 18.5. The van der Waals surface area contributed by atoms with Crippen molar-refractivity contribution >= 4 is 28.4 Å². The van der Waals surface area contributed by atoms with Gasteiger partial charge in [0, 0.05) is 35.8 Å². The van der Waals surface area contributed by atoms with Crippen molar-refractivity contribution in [2.45, 2.75) is 13.3 Å². The van der Waals surface area contributed by atoms with Crippen LogP contribution < -0.4 is 16.2 Å². The van der Waals surface area contributed by atoms with E-state index in [1.807, 2.05) is 30.3 Å². The van der Waals surface area contributed by atoms with E-state index in [1.165, 1.54) is 6.92 Å². The van der Waals surface area contributed by atoms with E-state index in [0.29, 0.717) is 29.8 Å². The van der Waals surface area contributed by atoms with Crippen molar-refractivity contribution in [2.24, 2.45) is 0 Å². The van der Waals surface area contributed by atoms with E-state index in [0.717, 1.165) is 10.9 Å². The fourth-order valence-corrected chi connectivity index (χ4v) is 2.70. The van der Waals surface area contributed by atoms with Gasteiger partial charge in [0.05, 0.1) is 0 Å². The van der Waals surface area contributed by atoms with E-state index in [1.54, 1.807) is 24.3 Å². The Bertz CT molecular complexity index is 1010. The average Bonchev–Trinajstić information content (AvgIpc) is 2.62. The number of H-pyrrole nitrogens is 1. The zero-order valence-electron chi connectivity index (χ0n) is 14.3. The molecule has 6 nitrogen and oxygen atoms in total. The first-order valence-electron chi connectivity index (χ1n) is 8.30. The molecule has 2 amide bonds. The Hall–Kier alpha value is -3.41. The summed E-state index contributed by atoms with van der Waals surface area (Å²) in [5, 5.41) is 6.41. The van der Waals surface area contributed by atoms with Crippen LogP contribution in [0.15, 0.2) is 59.4 Å². The fraction of sp³-hybridized carbons (Fsp3) is 0.150. The molecular formula is C20H19N3O3. The highest BCUT2D eigenvalue weighted by atomic mass is 16.2. The number of aromatic amines is 1. The van der Waals surface area contributed by atoms with Crippen molar-refractivity contribution in [3.63, 3.8) is 0 Å². The van der Waals surface area contributed by atoms with Crippen LogP contribution in [0.5, 0.6) is 0 Å². The van der Waals surface area contributed by atoms with Gasteiger partial charge < -0.3 is 15.6 Å². The molecule has 0 aliphatic rings. The van der Waals surface area contributed by atoms with Crippen LogP contribution in [0, 0.1) is 0 Å². The zero-order valence-corrected chi connectivity index (χ0v) is 14.3. The van der Waals surface area contributed by atoms with E-state index < -0.39 is 0 Å². The Kier molecular flexibility index (Phi) is 5.12. The van der Waals surface area contributed by atoms with Gasteiger partial charge in [0.15, 0.2) is 0 Å². The van der Waals surface area contributed by atoms with Gasteiger partial charge in [0.2, 0.25) is 5.91 Å². The SMILES string of the molecule is CC(=O)Nc1ccc(C(=O)NCCc2cc3ccccc3[nH]c2=O)cc1. The molecule has 3 rings (SSSR count). The summed E-state index contributed by atoms with van der Waals surface area (Å²) in [7, 11) is 0. The van der Waals surface area contributed by atoms with Crippen LogP contribution >= 0.6 is 0 Å². The summed E-state index contributed by atoms with van der Waals surface area (Å²) in [4.78, 5) is 38.1. The second-order valence-electron chi connectivity index (χ2n) is 5.98. The minimum Gasteiger partial charge on any atom is -0.352 e. The summed E-state index contributed by atoms with van der Waals surface area (Å²) in [5.41, 5.74) is 2.41. The molecule has 1 aromatic heterocycles. The number of pyridine rings is 1. The molecule has 3 N–H and O–H groups in total. The standard InChI is InChI=1S/C20H19N3O3/c1-13(24)22-17-8-6-14(7-9-17)19(25)21-11-10-16-12-15-4-2-3-5-18(15)23-20(16)26/h2-9,12H,10-11H2,1H3,(H,21,25)(H,22,24)(H,23,26). The molecule has 0 unspecified atom stereocenters. The molecule has 0 fully saturated rings. The van der Waals surface area contributed by atoms with Crippen LogP contribution in [-0.4, -0.2) is 23.3 Å². The molecule has 0 aliphatic heterocycles. The van der Waals surface area contributed by atoms with Crippen LogP contribution in [0.2, 0.25) is 0 Å². The Morgan fingerprint density at radius 1 is 1.04 bits per heavy atom. The lowest BCUT2D eigenvalue weighted by Crippen LogP contribution is -2.27. The fourth-order valence-electron chi connectivity index (χ4n) is 2.70. The molecule has 132 valence electrons. The van der Waals surface area contributed by atoms with Crippen molar-refractivity contribution in [2.75, 3.05) is 11.9 Å². The monoisotopic (exact) mass is 349 g/mol. The molecule has 0 bridgehead atoms. The number of carbonyl (C=O) groups excluding carboxylic acids is 2. The number of fused-ring (bicyclic) bond motifs is 1. The molecular weight excluding hydrogens is 330 g/mol. The van der Waals surface area contributed by atoms with Crippen molar-refractivity contribution in [3.8, 4) is 0 Å². The molecule has 1 heterocycles. The molecule has 0 radical (unpaired) electrons. The molecule has 0 saturated heterocycles. The Balaban J connectivity index is 1.61. The van der Waals surface area contributed by atoms with Gasteiger partial charge in [-0.15, -0.1) is 0 Å². The Morgan fingerprint density at radius 2 is 1.77 bits per heavy atom. The molecule has 6 heteroatoms. The number of hydrogen-bond acceptors (Lipinski definition) is 3. The number of rotatable bonds is 5. The van der Waals surface area contributed by atoms with Gasteiger partial charge in [-0.1, -0.05) is 18.2 Å². The maximum atomic E-state index is 12.2. The first-order valence-corrected chi connectivity index (χ1v) is 8.30. The van der Waals surface area contributed by atoms with Crippen LogP contribution in [0.4, 0.5) is 5.69 Å². The summed E-state index contributed by atoms with van der Waals surface area (Å²) < 4.78 is 0. The highest BCUT2D eigenvalue weighted by Gasteiger charge is 2.07. The van der Waals surface area contributed by atoms with Crippen LogP contribution in [0.25, 0.3) is 10.9 Å². The third-order valence-corrected chi connectivity index (χ3v) is 3.98. The first kappa shape index (κ1) is 17.4. The highest BCUT2D eigenvalue weighted by Crippen LogP contribution is 2.11. The maximum Gasteiger partial charge on any atom is 0.251 e. The lowest BCUT2D eigenvalue weighted by atomic mass is 10.1. The molecule has 0 saturated carbocycles. The third-order valence-electron chi connectivity index (χ3n) is 3.98. The van der Waals surface area contributed by atoms with Crippen LogP contribution in [0.3, 0.4) is 0 Å². The van der Waals surface area contributed by atoms with Crippen LogP contribution in [0.1, 0.15) is 22.8 Å². The van der Waals surface area contributed by atoms with Gasteiger partial charge in [0.1, 0.15) is 0 Å². The average molecular weight is 349 g/mol. The molecule has 0 aliphatic carbocycles. The summed E-state index contributed by atoms with van der Waals surface area (Å²) >= 11 is 0. The molecule has 0 spiro atoms. The minimum absolute atomic E-state index is 0.141. The predicted molar refractivity (Wildman–Crippen MR) is 101 cm³/mol. The van der Waals surface area contributed by atoms with E-state index in [2.05, 4.69) is 15.6 Å². The smallest absolute Gasteiger partial charge is 0.251 e. The topological polar surface area (TPSA) is 91.1 Å². The van der Waals surface area contributed by atoms with Gasteiger partial charge in [0.25, 0.3) is 11.5 Å². The van der Waals surface area contributed by atoms with Crippen LogP contribution in [-0.2, 0) is 11.2 Å². The summed E-state index contributed by atoms with van der Waals surface area (Å²) in [5.74, 6) is -0.389. The van der Waals surface area contributed by atoms with Crippen molar-refractivity contribution in [1.82, 2.24) is 10.3 Å². The predicted octanol–water partition coefficient (Wildman–Crippen LogP) is 2.46. The third kappa shape index (κ3) is 4.16. The normalized spacial score (nSPS) is 10.5. The lowest BCUT2D eigenvalue weighted by Gasteiger charge is -2.07. The Morgan fingerprint density at radius 3 is 2.50 bits per heavy atom. The van der Waals surface area contributed by atoms with Gasteiger partial charge in [-0.05, 0) is 48.2 Å². The number of aromatic nitrogens is 1. The second-order valence-corrected chi connectivity index (χ2v) is 5.98. The minimum atomic E-state index is -0.225. The quantitative estimate of drug-likeness (QED) is 0.661. The van der Waals surface area contributed by atoms with E-state index >= 15 is 0 Å². The van der Waals surface area contributed by atoms with Gasteiger partial charge in [-0.3, -0.25) is 14.4 Å². The Labute approximate surface area is 150 Å². The number of carbonyl (C=O) groups is 2. The van der Waals surface area contributed by atoms with Gasteiger partial charge in [-0.2, -0.15) is 0 Å². The van der Waals surface area contributed by atoms with E-state index in [-0.39, 0.29) is 17.4 Å². The molecule has 3 aromatic rings. The number of amides is 2. The number of hydrogen-bond donors (Lipinski definition) is 3. The van der Waals surface area contributed by atoms with E-state index in [9.17, 15) is 14.4 Å². The van der Waals surface area contributed by atoms with Gasteiger partial charge in [-0.25, -0.2) is 0 Å². The van der Waals surface area contributed by atoms with Crippen molar-refractivity contribution < 1.29 is 9.59 Å². The highest BCUT2D eigenvalue weighted by molar-refractivity contribution is 5.95. The summed E-state index contributed by atoms with van der Waals surface area (Å²) in [6.45, 7) is 1.78. The molecule has 0 atom stereocenters. The summed E-state index contributed by atoms with van der Waals surface area (Å²) in [6, 6.07) is 16.0. The van der Waals surface area contributed by atoms with Crippen molar-refractivity contribution in [3.05, 3.63) is 76.1 Å². The second kappa shape index (κ2) is 7.65. The number of para-hydroxylation sites is 1. The van der Waals surface area contributed by atoms with Crippen molar-refractivity contribution in [1.29, 1.82) is 0 Å². The molecule has 2 aromatic carbocycles. The molecule has 26 heavy (non-hydrogen) atoms.